The fourth-order valence-electron chi connectivity index (χ4n) is 3.28. The minimum absolute atomic E-state index is 0.181. The van der Waals surface area contributed by atoms with Gasteiger partial charge in [0, 0.05) is 25.6 Å². The lowest BCUT2D eigenvalue weighted by molar-refractivity contribution is -0.134. The van der Waals surface area contributed by atoms with Crippen molar-refractivity contribution in [3.8, 4) is 0 Å². The van der Waals surface area contributed by atoms with E-state index in [4.69, 9.17) is 0 Å². The van der Waals surface area contributed by atoms with Crippen LogP contribution in [0.4, 0.5) is 0 Å². The average Bonchev–Trinajstić information content (AvgIpc) is 3.01. The largest absolute Gasteiger partial charge is 0.392 e. The van der Waals surface area contributed by atoms with E-state index in [-0.39, 0.29) is 12.0 Å². The van der Waals surface area contributed by atoms with Gasteiger partial charge < -0.3 is 10.0 Å². The lowest BCUT2D eigenvalue weighted by atomic mass is 9.96. The van der Waals surface area contributed by atoms with Gasteiger partial charge in [0.05, 0.1) is 12.6 Å². The Labute approximate surface area is 124 Å². The van der Waals surface area contributed by atoms with Crippen LogP contribution in [-0.4, -0.2) is 74.8 Å². The summed E-state index contributed by atoms with van der Waals surface area (Å²) in [7, 11) is 0. The molecular weight excluding hydrogens is 270 g/mol. The fraction of sp³-hybridized carbons (Fsp3) is 0.786. The minimum Gasteiger partial charge on any atom is -0.392 e. The maximum Gasteiger partial charge on any atom is 0.236 e. The molecule has 2 fully saturated rings. The molecule has 7 heteroatoms. The molecular formula is C14H23N5O2. The lowest BCUT2D eigenvalue weighted by Crippen LogP contribution is -2.47. The van der Waals surface area contributed by atoms with Crippen molar-refractivity contribution < 1.29 is 9.90 Å². The SMILES string of the molecule is O=C(CN1CCC[C@H](O)C1)N1CCC(c2ncn[nH]2)CC1. The van der Waals surface area contributed by atoms with Crippen molar-refractivity contribution in [2.45, 2.75) is 37.7 Å². The van der Waals surface area contributed by atoms with Gasteiger partial charge in [-0.15, -0.1) is 0 Å². The third kappa shape index (κ3) is 3.59. The molecule has 7 nitrogen and oxygen atoms in total. The van der Waals surface area contributed by atoms with Gasteiger partial charge in [-0.05, 0) is 32.2 Å². The highest BCUT2D eigenvalue weighted by atomic mass is 16.3. The van der Waals surface area contributed by atoms with E-state index in [0.717, 1.165) is 51.1 Å². The second-order valence-corrected chi connectivity index (χ2v) is 6.06. The number of H-pyrrole nitrogens is 1. The van der Waals surface area contributed by atoms with Crippen LogP contribution in [0.5, 0.6) is 0 Å². The molecule has 1 aromatic heterocycles. The zero-order chi connectivity index (χ0) is 14.7. The smallest absolute Gasteiger partial charge is 0.236 e. The number of aliphatic hydroxyl groups is 1. The highest BCUT2D eigenvalue weighted by Crippen LogP contribution is 2.25. The number of hydrogen-bond donors (Lipinski definition) is 2. The van der Waals surface area contributed by atoms with Crippen molar-refractivity contribution in [3.63, 3.8) is 0 Å². The predicted octanol–water partition coefficient (Wildman–Crippen LogP) is -0.0326. The summed E-state index contributed by atoms with van der Waals surface area (Å²) in [5, 5.41) is 16.5. The van der Waals surface area contributed by atoms with Gasteiger partial charge in [0.25, 0.3) is 0 Å². The number of nitrogens with zero attached hydrogens (tertiary/aromatic N) is 4. The molecule has 2 aliphatic heterocycles. The van der Waals surface area contributed by atoms with Gasteiger partial charge in [-0.3, -0.25) is 14.8 Å². The van der Waals surface area contributed by atoms with Crippen molar-refractivity contribution in [1.82, 2.24) is 25.0 Å². The van der Waals surface area contributed by atoms with Crippen LogP contribution >= 0.6 is 0 Å². The maximum absolute atomic E-state index is 12.3. The van der Waals surface area contributed by atoms with Gasteiger partial charge in [0.2, 0.25) is 5.91 Å². The quantitative estimate of drug-likeness (QED) is 0.817. The summed E-state index contributed by atoms with van der Waals surface area (Å²) in [6.45, 7) is 3.53. The van der Waals surface area contributed by atoms with E-state index in [1.54, 1.807) is 0 Å². The Morgan fingerprint density at radius 1 is 1.33 bits per heavy atom. The molecule has 0 aliphatic carbocycles. The number of piperidine rings is 2. The van der Waals surface area contributed by atoms with Crippen LogP contribution in [0.2, 0.25) is 0 Å². The van der Waals surface area contributed by atoms with E-state index >= 15 is 0 Å². The Balaban J connectivity index is 1.46. The van der Waals surface area contributed by atoms with E-state index in [1.807, 2.05) is 4.90 Å². The number of likely N-dealkylation sites (tertiary alicyclic amines) is 2. The summed E-state index contributed by atoms with van der Waals surface area (Å²) in [6.07, 6.45) is 4.96. The van der Waals surface area contributed by atoms with Gasteiger partial charge in [0.15, 0.2) is 0 Å². The van der Waals surface area contributed by atoms with Crippen LogP contribution in [-0.2, 0) is 4.79 Å². The van der Waals surface area contributed by atoms with Gasteiger partial charge >= 0.3 is 0 Å². The number of amides is 1. The molecule has 0 spiro atoms. The van der Waals surface area contributed by atoms with Crippen molar-refractivity contribution >= 4 is 5.91 Å². The van der Waals surface area contributed by atoms with Crippen LogP contribution in [0, 0.1) is 0 Å². The summed E-state index contributed by atoms with van der Waals surface area (Å²) in [6, 6.07) is 0. The lowest BCUT2D eigenvalue weighted by Gasteiger charge is -2.34. The predicted molar refractivity (Wildman–Crippen MR) is 76.6 cm³/mol. The molecule has 1 aromatic rings. The molecule has 3 rings (SSSR count). The topological polar surface area (TPSA) is 85.3 Å². The van der Waals surface area contributed by atoms with Crippen LogP contribution in [0.15, 0.2) is 6.33 Å². The first kappa shape index (κ1) is 14.5. The molecule has 2 N–H and O–H groups in total. The maximum atomic E-state index is 12.3. The molecule has 2 saturated heterocycles. The molecule has 1 amide bonds. The van der Waals surface area contributed by atoms with E-state index < -0.39 is 0 Å². The molecule has 21 heavy (non-hydrogen) atoms. The van der Waals surface area contributed by atoms with Crippen LogP contribution < -0.4 is 0 Å². The van der Waals surface area contributed by atoms with Gasteiger partial charge in [-0.1, -0.05) is 0 Å². The molecule has 3 heterocycles. The summed E-state index contributed by atoms with van der Waals surface area (Å²) < 4.78 is 0. The third-order valence-electron chi connectivity index (χ3n) is 4.51. The van der Waals surface area contributed by atoms with Gasteiger partial charge in [-0.25, -0.2) is 4.98 Å². The number of hydrogen-bond acceptors (Lipinski definition) is 5. The van der Waals surface area contributed by atoms with Crippen molar-refractivity contribution in [2.75, 3.05) is 32.7 Å². The molecule has 0 unspecified atom stereocenters. The highest BCUT2D eigenvalue weighted by Gasteiger charge is 2.27. The van der Waals surface area contributed by atoms with Crippen LogP contribution in [0.1, 0.15) is 37.4 Å². The first-order valence-corrected chi connectivity index (χ1v) is 7.76. The molecule has 0 aromatic carbocycles. The number of rotatable bonds is 3. The number of β-amino-alcohol motifs (C(OH)–C–C–N with tert-alkyl or cyclic N) is 1. The van der Waals surface area contributed by atoms with E-state index in [1.165, 1.54) is 6.33 Å². The Morgan fingerprint density at radius 2 is 2.14 bits per heavy atom. The van der Waals surface area contributed by atoms with E-state index in [0.29, 0.717) is 19.0 Å². The van der Waals surface area contributed by atoms with Crippen molar-refractivity contribution in [2.24, 2.45) is 0 Å². The van der Waals surface area contributed by atoms with Crippen LogP contribution in [0.3, 0.4) is 0 Å². The van der Waals surface area contributed by atoms with Gasteiger partial charge in [0.1, 0.15) is 12.2 Å². The number of aromatic amines is 1. The summed E-state index contributed by atoms with van der Waals surface area (Å²) in [5.41, 5.74) is 0. The standard InChI is InChI=1S/C14H23N5O2/c20-12-2-1-5-18(8-12)9-13(21)19-6-3-11(4-7-19)14-15-10-16-17-14/h10-12,20H,1-9H2,(H,15,16,17)/t12-/m0/s1. The first-order valence-electron chi connectivity index (χ1n) is 7.76. The zero-order valence-electron chi connectivity index (χ0n) is 12.2. The Kier molecular flexibility index (Phi) is 4.50. The zero-order valence-corrected chi connectivity index (χ0v) is 12.2. The van der Waals surface area contributed by atoms with Crippen molar-refractivity contribution in [1.29, 1.82) is 0 Å². The first-order chi connectivity index (χ1) is 10.2. The summed E-state index contributed by atoms with van der Waals surface area (Å²) >= 11 is 0. The summed E-state index contributed by atoms with van der Waals surface area (Å²) in [5.74, 6) is 1.50. The highest BCUT2D eigenvalue weighted by molar-refractivity contribution is 5.78. The van der Waals surface area contributed by atoms with Crippen LogP contribution in [0.25, 0.3) is 0 Å². The average molecular weight is 293 g/mol. The molecule has 116 valence electrons. The Bertz CT molecular complexity index is 456. The van der Waals surface area contributed by atoms with E-state index in [2.05, 4.69) is 20.1 Å². The number of carbonyl (C=O) groups excluding carboxylic acids is 1. The number of nitrogens with one attached hydrogen (secondary N) is 1. The molecule has 2 aliphatic rings. The summed E-state index contributed by atoms with van der Waals surface area (Å²) in [4.78, 5) is 20.5. The normalized spacial score (nSPS) is 25.2. The van der Waals surface area contributed by atoms with Crippen molar-refractivity contribution in [3.05, 3.63) is 12.2 Å². The monoisotopic (exact) mass is 293 g/mol. The fourth-order valence-corrected chi connectivity index (χ4v) is 3.28. The third-order valence-corrected chi connectivity index (χ3v) is 4.51. The van der Waals surface area contributed by atoms with Gasteiger partial charge in [-0.2, -0.15) is 5.10 Å². The molecule has 0 radical (unpaired) electrons. The second kappa shape index (κ2) is 6.53. The minimum atomic E-state index is -0.274. The Hall–Kier alpha value is -1.47. The van der Waals surface area contributed by atoms with E-state index in [9.17, 15) is 9.90 Å². The molecule has 1 atom stereocenters. The number of aliphatic hydroxyl groups excluding tert-OH is 1. The Morgan fingerprint density at radius 3 is 2.81 bits per heavy atom. The molecule has 0 bridgehead atoms. The molecule has 0 saturated carbocycles. The second-order valence-electron chi connectivity index (χ2n) is 6.06. The number of carbonyl (C=O) groups is 1. The number of aromatic nitrogens is 3.